The van der Waals surface area contributed by atoms with E-state index in [1.807, 2.05) is 12.1 Å². The lowest BCUT2D eigenvalue weighted by Crippen LogP contribution is -2.49. The number of nitrogens with one attached hydrogen (secondary N) is 1. The summed E-state index contributed by atoms with van der Waals surface area (Å²) < 4.78 is 0. The van der Waals surface area contributed by atoms with Gasteiger partial charge in [0.15, 0.2) is 0 Å². The van der Waals surface area contributed by atoms with Gasteiger partial charge in [-0.3, -0.25) is 0 Å². The molecular formula is C10H16N4. The summed E-state index contributed by atoms with van der Waals surface area (Å²) in [4.78, 5) is 6.32. The van der Waals surface area contributed by atoms with E-state index in [1.54, 1.807) is 6.20 Å². The molecule has 0 radical (unpaired) electrons. The molecule has 1 fully saturated rings. The molecule has 1 aromatic rings. The molecule has 0 unspecified atom stereocenters. The molecule has 1 aromatic heterocycles. The fourth-order valence-corrected chi connectivity index (χ4v) is 1.80. The first-order valence-electron chi connectivity index (χ1n) is 4.95. The highest BCUT2D eigenvalue weighted by Crippen LogP contribution is 2.16. The Morgan fingerprint density at radius 1 is 1.64 bits per heavy atom. The predicted octanol–water partition coefficient (Wildman–Crippen LogP) is 0.462. The van der Waals surface area contributed by atoms with Gasteiger partial charge in [-0.2, -0.15) is 0 Å². The first-order chi connectivity index (χ1) is 6.75. The summed E-state index contributed by atoms with van der Waals surface area (Å²) in [5.74, 6) is 0.591. The highest BCUT2D eigenvalue weighted by molar-refractivity contribution is 5.52. The van der Waals surface area contributed by atoms with Gasteiger partial charge in [-0.25, -0.2) is 4.98 Å². The van der Waals surface area contributed by atoms with E-state index in [4.69, 9.17) is 5.73 Å². The van der Waals surface area contributed by atoms with Crippen molar-refractivity contribution in [1.29, 1.82) is 0 Å². The summed E-state index contributed by atoms with van der Waals surface area (Å²) in [5, 5.41) is 3.41. The maximum atomic E-state index is 5.65. The van der Waals surface area contributed by atoms with E-state index >= 15 is 0 Å². The minimum Gasteiger partial charge on any atom is -0.384 e. The maximum Gasteiger partial charge on any atom is 0.125 e. The van der Waals surface area contributed by atoms with Crippen LogP contribution in [0.4, 0.5) is 11.5 Å². The molecule has 4 heteroatoms. The Morgan fingerprint density at radius 3 is 3.21 bits per heavy atom. The minimum atomic E-state index is 0.540. The van der Waals surface area contributed by atoms with Gasteiger partial charge in [0, 0.05) is 43.6 Å². The van der Waals surface area contributed by atoms with Crippen LogP contribution in [-0.4, -0.2) is 30.7 Å². The van der Waals surface area contributed by atoms with Crippen LogP contribution < -0.4 is 16.0 Å². The van der Waals surface area contributed by atoms with E-state index in [-0.39, 0.29) is 0 Å². The second kappa shape index (κ2) is 3.84. The van der Waals surface area contributed by atoms with Gasteiger partial charge < -0.3 is 16.0 Å². The standard InChI is InChI=1S/C10H16N4/c1-8-7-14(5-4-12-8)9-2-3-13-10(11)6-9/h2-3,6,8,12H,4-5,7H2,1H3,(H2,11,13)/t8-/m0/s1. The fraction of sp³-hybridized carbons (Fsp3) is 0.500. The molecule has 1 aliphatic heterocycles. The average molecular weight is 192 g/mol. The summed E-state index contributed by atoms with van der Waals surface area (Å²) in [6.07, 6.45) is 1.76. The number of pyridine rings is 1. The number of nitrogens with two attached hydrogens (primary N) is 1. The van der Waals surface area contributed by atoms with Crippen molar-refractivity contribution in [2.24, 2.45) is 0 Å². The molecule has 76 valence electrons. The van der Waals surface area contributed by atoms with Gasteiger partial charge in [-0.15, -0.1) is 0 Å². The van der Waals surface area contributed by atoms with Gasteiger partial charge in [0.2, 0.25) is 0 Å². The van der Waals surface area contributed by atoms with Gasteiger partial charge in [-0.1, -0.05) is 0 Å². The van der Waals surface area contributed by atoms with Crippen LogP contribution in [0.25, 0.3) is 0 Å². The number of anilines is 2. The Morgan fingerprint density at radius 2 is 2.50 bits per heavy atom. The number of hydrogen-bond acceptors (Lipinski definition) is 4. The fourth-order valence-electron chi connectivity index (χ4n) is 1.80. The molecule has 0 amide bonds. The average Bonchev–Trinajstić information content (AvgIpc) is 2.18. The topological polar surface area (TPSA) is 54.2 Å². The Kier molecular flexibility index (Phi) is 2.54. The van der Waals surface area contributed by atoms with E-state index in [0.717, 1.165) is 19.6 Å². The highest BCUT2D eigenvalue weighted by atomic mass is 15.2. The molecule has 2 heterocycles. The van der Waals surface area contributed by atoms with Crippen LogP contribution in [0, 0.1) is 0 Å². The molecule has 1 aliphatic rings. The predicted molar refractivity (Wildman–Crippen MR) is 58.3 cm³/mol. The van der Waals surface area contributed by atoms with Crippen LogP contribution in [0.5, 0.6) is 0 Å². The van der Waals surface area contributed by atoms with Crippen LogP contribution in [0.1, 0.15) is 6.92 Å². The molecule has 0 bridgehead atoms. The van der Waals surface area contributed by atoms with E-state index < -0.39 is 0 Å². The SMILES string of the molecule is C[C@H]1CN(c2ccnc(N)c2)CCN1. The van der Waals surface area contributed by atoms with Gasteiger partial charge >= 0.3 is 0 Å². The Balaban J connectivity index is 2.14. The van der Waals surface area contributed by atoms with E-state index in [0.29, 0.717) is 11.9 Å². The third-order valence-corrected chi connectivity index (χ3v) is 2.50. The number of rotatable bonds is 1. The van der Waals surface area contributed by atoms with Crippen LogP contribution in [0.3, 0.4) is 0 Å². The van der Waals surface area contributed by atoms with Crippen molar-refractivity contribution in [3.05, 3.63) is 18.3 Å². The van der Waals surface area contributed by atoms with E-state index in [1.165, 1.54) is 5.69 Å². The van der Waals surface area contributed by atoms with Crippen LogP contribution in [-0.2, 0) is 0 Å². The molecule has 14 heavy (non-hydrogen) atoms. The van der Waals surface area contributed by atoms with Crippen LogP contribution in [0.2, 0.25) is 0 Å². The number of nitrogen functional groups attached to an aromatic ring is 1. The quantitative estimate of drug-likeness (QED) is 0.679. The monoisotopic (exact) mass is 192 g/mol. The zero-order chi connectivity index (χ0) is 9.97. The van der Waals surface area contributed by atoms with Gasteiger partial charge in [0.05, 0.1) is 0 Å². The van der Waals surface area contributed by atoms with Gasteiger partial charge in [0.25, 0.3) is 0 Å². The maximum absolute atomic E-state index is 5.65. The van der Waals surface area contributed by atoms with Crippen molar-refractivity contribution >= 4 is 11.5 Å². The zero-order valence-corrected chi connectivity index (χ0v) is 8.40. The van der Waals surface area contributed by atoms with E-state index in [2.05, 4.69) is 22.1 Å². The molecule has 0 spiro atoms. The summed E-state index contributed by atoms with van der Waals surface area (Å²) in [5.41, 5.74) is 6.82. The molecule has 0 aliphatic carbocycles. The molecule has 4 nitrogen and oxygen atoms in total. The lowest BCUT2D eigenvalue weighted by molar-refractivity contribution is 0.485. The van der Waals surface area contributed by atoms with Gasteiger partial charge in [0.1, 0.15) is 5.82 Å². The number of nitrogens with zero attached hydrogens (tertiary/aromatic N) is 2. The largest absolute Gasteiger partial charge is 0.384 e. The highest BCUT2D eigenvalue weighted by Gasteiger charge is 2.15. The molecule has 0 saturated carbocycles. The lowest BCUT2D eigenvalue weighted by Gasteiger charge is -2.33. The first kappa shape index (κ1) is 9.27. The third kappa shape index (κ3) is 1.96. The summed E-state index contributed by atoms with van der Waals surface area (Å²) in [6.45, 7) is 5.29. The number of hydrogen-bond donors (Lipinski definition) is 2. The minimum absolute atomic E-state index is 0.540. The first-order valence-corrected chi connectivity index (χ1v) is 4.95. The number of piperazine rings is 1. The van der Waals surface area contributed by atoms with Crippen molar-refractivity contribution in [3.8, 4) is 0 Å². The molecule has 1 atom stereocenters. The summed E-state index contributed by atoms with van der Waals surface area (Å²) in [6, 6.07) is 4.48. The Bertz CT molecular complexity index is 313. The zero-order valence-electron chi connectivity index (χ0n) is 8.40. The molecular weight excluding hydrogens is 176 g/mol. The second-order valence-electron chi connectivity index (χ2n) is 3.74. The smallest absolute Gasteiger partial charge is 0.125 e. The van der Waals surface area contributed by atoms with E-state index in [9.17, 15) is 0 Å². The van der Waals surface area contributed by atoms with Crippen molar-refractivity contribution in [3.63, 3.8) is 0 Å². The molecule has 0 aromatic carbocycles. The summed E-state index contributed by atoms with van der Waals surface area (Å²) in [7, 11) is 0. The second-order valence-corrected chi connectivity index (χ2v) is 3.74. The normalized spacial score (nSPS) is 22.4. The molecule has 2 rings (SSSR count). The Hall–Kier alpha value is -1.29. The van der Waals surface area contributed by atoms with Crippen molar-refractivity contribution in [2.75, 3.05) is 30.3 Å². The van der Waals surface area contributed by atoms with Crippen molar-refractivity contribution in [2.45, 2.75) is 13.0 Å². The molecule has 3 N–H and O–H groups in total. The van der Waals surface area contributed by atoms with Crippen LogP contribution in [0.15, 0.2) is 18.3 Å². The van der Waals surface area contributed by atoms with Crippen molar-refractivity contribution < 1.29 is 0 Å². The lowest BCUT2D eigenvalue weighted by atomic mass is 10.2. The van der Waals surface area contributed by atoms with Crippen molar-refractivity contribution in [1.82, 2.24) is 10.3 Å². The van der Waals surface area contributed by atoms with Crippen LogP contribution >= 0.6 is 0 Å². The number of aromatic nitrogens is 1. The van der Waals surface area contributed by atoms with Gasteiger partial charge in [-0.05, 0) is 13.0 Å². The molecule has 1 saturated heterocycles. The Labute approximate surface area is 84.1 Å². The summed E-state index contributed by atoms with van der Waals surface area (Å²) >= 11 is 0. The third-order valence-electron chi connectivity index (χ3n) is 2.50.